The Bertz CT molecular complexity index is 1340. The fourth-order valence-electron chi connectivity index (χ4n) is 4.17. The first-order valence-electron chi connectivity index (χ1n) is 10.7. The van der Waals surface area contributed by atoms with E-state index in [9.17, 15) is 10.1 Å². The van der Waals surface area contributed by atoms with Crippen LogP contribution in [0.1, 0.15) is 30.8 Å². The van der Waals surface area contributed by atoms with Crippen LogP contribution in [0.15, 0.2) is 49.3 Å². The van der Waals surface area contributed by atoms with Gasteiger partial charge in [-0.1, -0.05) is 0 Å². The largest absolute Gasteiger partial charge is 0.361 e. The van der Waals surface area contributed by atoms with Gasteiger partial charge in [-0.15, -0.1) is 0 Å². The molecule has 2 N–H and O–H groups in total. The Kier molecular flexibility index (Phi) is 5.01. The van der Waals surface area contributed by atoms with Crippen LogP contribution in [0.5, 0.6) is 0 Å². The van der Waals surface area contributed by atoms with E-state index in [0.717, 1.165) is 22.2 Å². The predicted octanol–water partition coefficient (Wildman–Crippen LogP) is 2.48. The van der Waals surface area contributed by atoms with Crippen LogP contribution in [0, 0.1) is 11.3 Å². The molecule has 0 aliphatic carbocycles. The molecule has 1 aliphatic rings. The molecule has 0 aromatic carbocycles. The number of carbonyl (C=O) groups is 1. The highest BCUT2D eigenvalue weighted by Crippen LogP contribution is 2.36. The van der Waals surface area contributed by atoms with E-state index in [2.05, 4.69) is 36.4 Å². The highest BCUT2D eigenvalue weighted by atomic mass is 16.1. The number of hydrogen-bond acceptors (Lipinski definition) is 7. The summed E-state index contributed by atoms with van der Waals surface area (Å²) in [6.45, 7) is 4.92. The molecule has 1 saturated heterocycles. The lowest BCUT2D eigenvalue weighted by Crippen LogP contribution is -2.63. The molecule has 1 amide bonds. The lowest BCUT2D eigenvalue weighted by molar-refractivity contribution is 0.0937. The van der Waals surface area contributed by atoms with Crippen molar-refractivity contribution in [1.29, 1.82) is 5.26 Å². The normalized spacial score (nSPS) is 14.8. The molecule has 10 heteroatoms. The van der Waals surface area contributed by atoms with Gasteiger partial charge >= 0.3 is 0 Å². The summed E-state index contributed by atoms with van der Waals surface area (Å²) in [5.74, 6) is 0.414. The first-order valence-corrected chi connectivity index (χ1v) is 10.7. The van der Waals surface area contributed by atoms with Gasteiger partial charge in [0.05, 0.1) is 36.8 Å². The second kappa shape index (κ2) is 8.02. The van der Waals surface area contributed by atoms with Crippen LogP contribution >= 0.6 is 0 Å². The van der Waals surface area contributed by atoms with Crippen LogP contribution in [0.4, 0.5) is 5.82 Å². The number of hydrogen-bond donors (Lipinski definition) is 2. The number of amides is 1. The molecule has 5 rings (SSSR count). The van der Waals surface area contributed by atoms with Gasteiger partial charge in [0, 0.05) is 54.2 Å². The number of fused-ring (bicyclic) bond motifs is 1. The van der Waals surface area contributed by atoms with Crippen molar-refractivity contribution in [1.82, 2.24) is 35.0 Å². The number of pyridine rings is 1. The molecule has 4 aromatic heterocycles. The zero-order valence-electron chi connectivity index (χ0n) is 18.4. The second-order valence-corrected chi connectivity index (χ2v) is 8.58. The molecular weight excluding hydrogens is 418 g/mol. The maximum absolute atomic E-state index is 12.1. The van der Waals surface area contributed by atoms with Gasteiger partial charge in [-0.25, -0.2) is 9.97 Å². The summed E-state index contributed by atoms with van der Waals surface area (Å²) in [7, 11) is 0. The van der Waals surface area contributed by atoms with Crippen LogP contribution in [-0.2, 0) is 5.54 Å². The number of anilines is 1. The van der Waals surface area contributed by atoms with Crippen molar-refractivity contribution in [2.75, 3.05) is 18.0 Å². The zero-order chi connectivity index (χ0) is 23.0. The zero-order valence-corrected chi connectivity index (χ0v) is 18.4. The standard InChI is InChI=1S/C23H23N9O/c1-15(2)30-22(33)19-10-28-20(11-27-19)31-13-23(14-31,5-6-24)32-12-16(9-29-32)21-17-3-7-25-18(17)4-8-26-21/h3-4,7-12,15,25H,5,13-14H2,1-2H3,(H,30,33). The van der Waals surface area contributed by atoms with E-state index < -0.39 is 5.54 Å². The summed E-state index contributed by atoms with van der Waals surface area (Å²) in [6, 6.07) is 6.26. The Balaban J connectivity index is 1.35. The summed E-state index contributed by atoms with van der Waals surface area (Å²) >= 11 is 0. The molecule has 4 aromatic rings. The van der Waals surface area contributed by atoms with Crippen molar-refractivity contribution in [3.8, 4) is 17.3 Å². The average Bonchev–Trinajstić information content (AvgIpc) is 3.45. The number of nitriles is 1. The van der Waals surface area contributed by atoms with Gasteiger partial charge in [-0.2, -0.15) is 10.4 Å². The summed E-state index contributed by atoms with van der Waals surface area (Å²) in [5, 5.41) is 17.9. The Morgan fingerprint density at radius 3 is 2.82 bits per heavy atom. The minimum absolute atomic E-state index is 0.0272. The summed E-state index contributed by atoms with van der Waals surface area (Å²) in [4.78, 5) is 30.5. The fourth-order valence-corrected chi connectivity index (χ4v) is 4.17. The number of rotatable bonds is 6. The highest BCUT2D eigenvalue weighted by Gasteiger charge is 2.46. The van der Waals surface area contributed by atoms with Crippen molar-refractivity contribution >= 4 is 22.6 Å². The summed E-state index contributed by atoms with van der Waals surface area (Å²) in [5.41, 5.74) is 2.58. The minimum Gasteiger partial charge on any atom is -0.361 e. The molecule has 1 fully saturated rings. The molecular formula is C23H23N9O. The number of H-pyrrole nitrogens is 1. The molecule has 0 atom stereocenters. The van der Waals surface area contributed by atoms with Crippen molar-refractivity contribution < 1.29 is 4.79 Å². The molecule has 1 aliphatic heterocycles. The smallest absolute Gasteiger partial charge is 0.271 e. The topological polar surface area (TPSA) is 128 Å². The van der Waals surface area contributed by atoms with Crippen LogP contribution in [0.3, 0.4) is 0 Å². The number of nitrogens with zero attached hydrogens (tertiary/aromatic N) is 7. The van der Waals surface area contributed by atoms with Gasteiger partial charge in [0.1, 0.15) is 17.1 Å². The third-order valence-electron chi connectivity index (χ3n) is 5.81. The van der Waals surface area contributed by atoms with Crippen molar-refractivity contribution in [3.63, 3.8) is 0 Å². The van der Waals surface area contributed by atoms with Gasteiger partial charge < -0.3 is 15.2 Å². The molecule has 0 saturated carbocycles. The number of carbonyl (C=O) groups excluding carboxylic acids is 1. The first kappa shape index (κ1) is 20.6. The van der Waals surface area contributed by atoms with Gasteiger partial charge in [-0.3, -0.25) is 14.5 Å². The van der Waals surface area contributed by atoms with Gasteiger partial charge in [-0.05, 0) is 26.0 Å². The van der Waals surface area contributed by atoms with E-state index in [1.165, 1.54) is 6.20 Å². The minimum atomic E-state index is -0.464. The van der Waals surface area contributed by atoms with E-state index in [4.69, 9.17) is 0 Å². The van der Waals surface area contributed by atoms with Crippen molar-refractivity contribution in [3.05, 3.63) is 55.0 Å². The van der Waals surface area contributed by atoms with E-state index in [-0.39, 0.29) is 17.6 Å². The van der Waals surface area contributed by atoms with Crippen LogP contribution < -0.4 is 10.2 Å². The Morgan fingerprint density at radius 1 is 1.24 bits per heavy atom. The number of aromatic amines is 1. The average molecular weight is 441 g/mol. The van der Waals surface area contributed by atoms with Crippen LogP contribution in [0.2, 0.25) is 0 Å². The molecule has 166 valence electrons. The van der Waals surface area contributed by atoms with Gasteiger partial charge in [0.15, 0.2) is 0 Å². The molecule has 33 heavy (non-hydrogen) atoms. The third kappa shape index (κ3) is 3.67. The van der Waals surface area contributed by atoms with Gasteiger partial charge in [0.2, 0.25) is 0 Å². The molecule has 0 unspecified atom stereocenters. The SMILES string of the molecule is CC(C)NC(=O)c1cnc(N2CC(CC#N)(n3cc(-c4nccc5[nH]ccc45)cn3)C2)cn1. The molecule has 0 radical (unpaired) electrons. The van der Waals surface area contributed by atoms with E-state index in [1.807, 2.05) is 48.0 Å². The Labute approximate surface area is 190 Å². The van der Waals surface area contributed by atoms with E-state index in [0.29, 0.717) is 25.3 Å². The monoisotopic (exact) mass is 441 g/mol. The third-order valence-corrected chi connectivity index (χ3v) is 5.81. The summed E-state index contributed by atoms with van der Waals surface area (Å²) < 4.78 is 1.87. The Hall–Kier alpha value is -4.26. The maximum atomic E-state index is 12.1. The van der Waals surface area contributed by atoms with Crippen molar-refractivity contribution in [2.45, 2.75) is 31.8 Å². The summed E-state index contributed by atoms with van der Waals surface area (Å²) in [6.07, 6.45) is 10.8. The molecule has 0 spiro atoms. The molecule has 10 nitrogen and oxygen atoms in total. The van der Waals surface area contributed by atoms with Crippen LogP contribution in [-0.4, -0.2) is 54.8 Å². The maximum Gasteiger partial charge on any atom is 0.271 e. The first-order chi connectivity index (χ1) is 16.0. The molecule has 5 heterocycles. The fraction of sp³-hybridized carbons (Fsp3) is 0.304. The number of nitrogens with one attached hydrogen (secondary N) is 2. The quantitative estimate of drug-likeness (QED) is 0.470. The van der Waals surface area contributed by atoms with Crippen molar-refractivity contribution in [2.24, 2.45) is 0 Å². The predicted molar refractivity (Wildman–Crippen MR) is 122 cm³/mol. The lowest BCUT2D eigenvalue weighted by Gasteiger charge is -2.49. The second-order valence-electron chi connectivity index (χ2n) is 8.58. The lowest BCUT2D eigenvalue weighted by atomic mass is 9.87. The van der Waals surface area contributed by atoms with Gasteiger partial charge in [0.25, 0.3) is 5.91 Å². The van der Waals surface area contributed by atoms with E-state index >= 15 is 0 Å². The number of aromatic nitrogens is 6. The highest BCUT2D eigenvalue weighted by molar-refractivity contribution is 5.92. The molecule has 0 bridgehead atoms. The Morgan fingerprint density at radius 2 is 2.09 bits per heavy atom. The van der Waals surface area contributed by atoms with Crippen LogP contribution in [0.25, 0.3) is 22.2 Å². The van der Waals surface area contributed by atoms with E-state index in [1.54, 1.807) is 18.6 Å².